The highest BCUT2D eigenvalue weighted by Gasteiger charge is 2.37. The highest BCUT2D eigenvalue weighted by atomic mass is 16.3. The van der Waals surface area contributed by atoms with Crippen LogP contribution in [0.15, 0.2) is 34.7 Å². The van der Waals surface area contributed by atoms with Gasteiger partial charge in [-0.15, -0.1) is 0 Å². The van der Waals surface area contributed by atoms with E-state index < -0.39 is 0 Å². The lowest BCUT2D eigenvalue weighted by Gasteiger charge is -2.04. The molecule has 1 aliphatic carbocycles. The summed E-state index contributed by atoms with van der Waals surface area (Å²) in [6, 6.07) is 10.3. The third-order valence-corrected chi connectivity index (χ3v) is 3.24. The molecule has 0 saturated heterocycles. The van der Waals surface area contributed by atoms with Crippen LogP contribution >= 0.6 is 0 Å². The predicted molar refractivity (Wildman–Crippen MR) is 60.7 cm³/mol. The molecule has 1 fully saturated rings. The van der Waals surface area contributed by atoms with Crippen LogP contribution in [0.3, 0.4) is 0 Å². The van der Waals surface area contributed by atoms with E-state index in [9.17, 15) is 0 Å². The van der Waals surface area contributed by atoms with Crippen LogP contribution in [0.2, 0.25) is 0 Å². The molecule has 1 heterocycles. The Morgan fingerprint density at radius 2 is 2.07 bits per heavy atom. The molecule has 1 aliphatic rings. The van der Waals surface area contributed by atoms with Gasteiger partial charge < -0.3 is 10.2 Å². The van der Waals surface area contributed by atoms with E-state index in [4.69, 9.17) is 10.2 Å². The number of para-hydroxylation sites is 1. The summed E-state index contributed by atoms with van der Waals surface area (Å²) < 4.78 is 5.74. The van der Waals surface area contributed by atoms with Crippen molar-refractivity contribution in [3.63, 3.8) is 0 Å². The van der Waals surface area contributed by atoms with E-state index in [2.05, 4.69) is 12.1 Å². The fourth-order valence-corrected chi connectivity index (χ4v) is 1.94. The van der Waals surface area contributed by atoms with Gasteiger partial charge in [0.15, 0.2) is 0 Å². The summed E-state index contributed by atoms with van der Waals surface area (Å²) in [5.41, 5.74) is 7.15. The lowest BCUT2D eigenvalue weighted by atomic mass is 10.1. The van der Waals surface area contributed by atoms with Crippen LogP contribution in [-0.2, 0) is 6.42 Å². The van der Waals surface area contributed by atoms with E-state index >= 15 is 0 Å². The summed E-state index contributed by atoms with van der Waals surface area (Å²) in [5, 5.41) is 1.19. The average molecular weight is 201 g/mol. The van der Waals surface area contributed by atoms with E-state index in [1.807, 2.05) is 18.2 Å². The number of rotatable bonds is 3. The van der Waals surface area contributed by atoms with Gasteiger partial charge in [-0.05, 0) is 31.4 Å². The number of benzene rings is 1. The van der Waals surface area contributed by atoms with E-state index in [0.717, 1.165) is 24.2 Å². The molecule has 0 atom stereocenters. The van der Waals surface area contributed by atoms with Gasteiger partial charge in [-0.3, -0.25) is 0 Å². The Kier molecular flexibility index (Phi) is 1.86. The zero-order chi connectivity index (χ0) is 10.3. The normalized spacial score (nSPS) is 18.2. The van der Waals surface area contributed by atoms with Crippen molar-refractivity contribution in [2.24, 2.45) is 5.73 Å². The van der Waals surface area contributed by atoms with Crippen LogP contribution in [0.4, 0.5) is 0 Å². The molecule has 0 radical (unpaired) electrons. The Labute approximate surface area is 89.1 Å². The van der Waals surface area contributed by atoms with Crippen LogP contribution < -0.4 is 5.73 Å². The molecule has 2 aromatic rings. The van der Waals surface area contributed by atoms with Gasteiger partial charge >= 0.3 is 0 Å². The van der Waals surface area contributed by atoms with Crippen molar-refractivity contribution in [3.8, 4) is 0 Å². The lowest BCUT2D eigenvalue weighted by Crippen LogP contribution is -2.21. The second-order valence-corrected chi connectivity index (χ2v) is 4.61. The molecule has 0 unspecified atom stereocenters. The minimum Gasteiger partial charge on any atom is -0.461 e. The molecule has 2 N–H and O–H groups in total. The van der Waals surface area contributed by atoms with Crippen LogP contribution in [0.1, 0.15) is 25.0 Å². The maximum Gasteiger partial charge on any atom is 0.134 e. The van der Waals surface area contributed by atoms with Crippen molar-refractivity contribution < 1.29 is 4.42 Å². The van der Waals surface area contributed by atoms with Gasteiger partial charge in [-0.25, -0.2) is 0 Å². The van der Waals surface area contributed by atoms with E-state index in [0.29, 0.717) is 0 Å². The molecule has 2 heteroatoms. The van der Waals surface area contributed by atoms with Crippen molar-refractivity contribution in [2.45, 2.75) is 31.2 Å². The van der Waals surface area contributed by atoms with Crippen LogP contribution in [-0.4, -0.2) is 5.54 Å². The quantitative estimate of drug-likeness (QED) is 0.829. The second kappa shape index (κ2) is 3.11. The zero-order valence-corrected chi connectivity index (χ0v) is 8.70. The van der Waals surface area contributed by atoms with Crippen molar-refractivity contribution in [3.05, 3.63) is 36.1 Å². The van der Waals surface area contributed by atoms with Gasteiger partial charge in [0.2, 0.25) is 0 Å². The highest BCUT2D eigenvalue weighted by Crippen LogP contribution is 2.36. The van der Waals surface area contributed by atoms with Crippen LogP contribution in [0, 0.1) is 0 Å². The molecular weight excluding hydrogens is 186 g/mol. The van der Waals surface area contributed by atoms with E-state index in [1.165, 1.54) is 18.2 Å². The van der Waals surface area contributed by atoms with E-state index in [-0.39, 0.29) is 5.54 Å². The van der Waals surface area contributed by atoms with Gasteiger partial charge in [-0.1, -0.05) is 18.2 Å². The third kappa shape index (κ3) is 1.77. The Bertz CT molecular complexity index is 449. The summed E-state index contributed by atoms with van der Waals surface area (Å²) in [7, 11) is 0. The van der Waals surface area contributed by atoms with Gasteiger partial charge in [0.1, 0.15) is 11.3 Å². The Morgan fingerprint density at radius 1 is 1.27 bits per heavy atom. The zero-order valence-electron chi connectivity index (χ0n) is 8.70. The number of nitrogens with two attached hydrogens (primary N) is 1. The first-order valence-corrected chi connectivity index (χ1v) is 5.52. The van der Waals surface area contributed by atoms with Crippen LogP contribution in [0.25, 0.3) is 11.0 Å². The molecule has 0 bridgehead atoms. The molecule has 0 amide bonds. The van der Waals surface area contributed by atoms with Crippen molar-refractivity contribution in [1.29, 1.82) is 0 Å². The molecule has 2 nitrogen and oxygen atoms in total. The summed E-state index contributed by atoms with van der Waals surface area (Å²) >= 11 is 0. The molecule has 1 saturated carbocycles. The number of aryl methyl sites for hydroxylation is 1. The third-order valence-electron chi connectivity index (χ3n) is 3.24. The Morgan fingerprint density at radius 3 is 2.80 bits per heavy atom. The topological polar surface area (TPSA) is 39.2 Å². The molecule has 0 aliphatic heterocycles. The number of fused-ring (bicyclic) bond motifs is 1. The molecule has 1 aromatic carbocycles. The second-order valence-electron chi connectivity index (χ2n) is 4.61. The maximum atomic E-state index is 6.05. The van der Waals surface area contributed by atoms with E-state index in [1.54, 1.807) is 0 Å². The summed E-state index contributed by atoms with van der Waals surface area (Å²) in [5.74, 6) is 1.06. The molecular formula is C13H15NO. The minimum atomic E-state index is 0.124. The van der Waals surface area contributed by atoms with Gasteiger partial charge in [0.05, 0.1) is 0 Å². The number of furan rings is 1. The molecule has 15 heavy (non-hydrogen) atoms. The smallest absolute Gasteiger partial charge is 0.134 e. The summed E-state index contributed by atoms with van der Waals surface area (Å²) in [6.45, 7) is 0. The SMILES string of the molecule is NC1(CCc2cc3ccccc3o2)CC1. The van der Waals surface area contributed by atoms with Crippen LogP contribution in [0.5, 0.6) is 0 Å². The first kappa shape index (κ1) is 8.98. The first-order valence-electron chi connectivity index (χ1n) is 5.52. The molecule has 1 aromatic heterocycles. The predicted octanol–water partition coefficient (Wildman–Crippen LogP) is 2.86. The van der Waals surface area contributed by atoms with Gasteiger partial charge in [0.25, 0.3) is 0 Å². The van der Waals surface area contributed by atoms with Crippen molar-refractivity contribution in [1.82, 2.24) is 0 Å². The fraction of sp³-hybridized carbons (Fsp3) is 0.385. The highest BCUT2D eigenvalue weighted by molar-refractivity contribution is 5.77. The Hall–Kier alpha value is -1.28. The standard InChI is InChI=1S/C13H15NO/c14-13(7-8-13)6-5-11-9-10-3-1-2-4-12(10)15-11/h1-4,9H,5-8,14H2. The minimum absolute atomic E-state index is 0.124. The first-order chi connectivity index (χ1) is 7.25. The number of hydrogen-bond acceptors (Lipinski definition) is 2. The Balaban J connectivity index is 1.79. The average Bonchev–Trinajstić information content (AvgIpc) is 2.83. The van der Waals surface area contributed by atoms with Crippen molar-refractivity contribution >= 4 is 11.0 Å². The lowest BCUT2D eigenvalue weighted by molar-refractivity contribution is 0.507. The van der Waals surface area contributed by atoms with Gasteiger partial charge in [0, 0.05) is 17.3 Å². The molecule has 78 valence electrons. The van der Waals surface area contributed by atoms with Crippen molar-refractivity contribution in [2.75, 3.05) is 0 Å². The fourth-order valence-electron chi connectivity index (χ4n) is 1.94. The largest absolute Gasteiger partial charge is 0.461 e. The molecule has 0 spiro atoms. The molecule has 3 rings (SSSR count). The maximum absolute atomic E-state index is 6.05. The number of hydrogen-bond donors (Lipinski definition) is 1. The summed E-state index contributed by atoms with van der Waals surface area (Å²) in [6.07, 6.45) is 4.36. The monoisotopic (exact) mass is 201 g/mol. The summed E-state index contributed by atoms with van der Waals surface area (Å²) in [4.78, 5) is 0. The van der Waals surface area contributed by atoms with Gasteiger partial charge in [-0.2, -0.15) is 0 Å².